The van der Waals surface area contributed by atoms with Crippen LogP contribution in [-0.2, 0) is 9.47 Å². The summed E-state index contributed by atoms with van der Waals surface area (Å²) < 4.78 is 10.7. The molecule has 0 bridgehead atoms. The molecule has 1 heterocycles. The lowest BCUT2D eigenvalue weighted by Crippen LogP contribution is -2.40. The lowest BCUT2D eigenvalue weighted by atomic mass is 10.4. The number of hydrogen-bond donors (Lipinski definition) is 1. The molecule has 1 saturated heterocycles. The van der Waals surface area contributed by atoms with Gasteiger partial charge in [-0.1, -0.05) is 12.2 Å². The van der Waals surface area contributed by atoms with E-state index < -0.39 is 0 Å². The van der Waals surface area contributed by atoms with Crippen LogP contribution in [0.3, 0.4) is 0 Å². The molecule has 1 N–H and O–H groups in total. The molecule has 0 spiro atoms. The third-order valence-corrected chi connectivity index (χ3v) is 2.48. The van der Waals surface area contributed by atoms with Gasteiger partial charge in [-0.3, -0.25) is 4.90 Å². The fourth-order valence-corrected chi connectivity index (χ4v) is 1.58. The van der Waals surface area contributed by atoms with Gasteiger partial charge in [-0.15, -0.1) is 0 Å². The van der Waals surface area contributed by atoms with Crippen LogP contribution in [0.1, 0.15) is 6.92 Å². The Bertz CT molecular complexity index is 191. The summed E-state index contributed by atoms with van der Waals surface area (Å²) in [4.78, 5) is 2.42. The second-order valence-electron chi connectivity index (χ2n) is 4.21. The Balaban J connectivity index is 1.82. The van der Waals surface area contributed by atoms with Crippen molar-refractivity contribution in [3.63, 3.8) is 0 Å². The summed E-state index contributed by atoms with van der Waals surface area (Å²) in [5.41, 5.74) is 1.08. The van der Waals surface area contributed by atoms with Crippen molar-refractivity contribution in [2.45, 2.75) is 6.92 Å². The van der Waals surface area contributed by atoms with E-state index in [1.807, 2.05) is 6.92 Å². The van der Waals surface area contributed by atoms with Crippen LogP contribution in [0.5, 0.6) is 0 Å². The number of morpholine rings is 1. The van der Waals surface area contributed by atoms with E-state index in [2.05, 4.69) is 16.8 Å². The zero-order chi connectivity index (χ0) is 11.6. The minimum absolute atomic E-state index is 0.672. The van der Waals surface area contributed by atoms with Crippen molar-refractivity contribution in [3.05, 3.63) is 12.2 Å². The Morgan fingerprint density at radius 2 is 2.12 bits per heavy atom. The molecule has 0 aromatic carbocycles. The number of rotatable bonds is 8. The highest BCUT2D eigenvalue weighted by Gasteiger charge is 2.08. The van der Waals surface area contributed by atoms with Crippen LogP contribution in [0.2, 0.25) is 0 Å². The summed E-state index contributed by atoms with van der Waals surface area (Å²) in [6.07, 6.45) is 0. The first-order chi connectivity index (χ1) is 7.79. The fourth-order valence-electron chi connectivity index (χ4n) is 1.58. The molecule has 1 fully saturated rings. The maximum Gasteiger partial charge on any atom is 0.0672 e. The van der Waals surface area contributed by atoms with E-state index >= 15 is 0 Å². The van der Waals surface area contributed by atoms with Gasteiger partial charge >= 0.3 is 0 Å². The van der Waals surface area contributed by atoms with Crippen LogP contribution in [-0.4, -0.2) is 64.1 Å². The standard InChI is InChI=1S/C12H24N2O2/c1-12(2)11-16-8-4-13-3-5-14-6-9-15-10-7-14/h13H,1,3-11H2,2H3. The molecular weight excluding hydrogens is 204 g/mol. The summed E-state index contributed by atoms with van der Waals surface area (Å²) in [5, 5.41) is 3.37. The van der Waals surface area contributed by atoms with Gasteiger partial charge in [-0.05, 0) is 6.92 Å². The van der Waals surface area contributed by atoms with Gasteiger partial charge in [0.25, 0.3) is 0 Å². The first kappa shape index (κ1) is 13.6. The first-order valence-corrected chi connectivity index (χ1v) is 6.02. The molecule has 1 aliphatic heterocycles. The van der Waals surface area contributed by atoms with Crippen molar-refractivity contribution in [1.82, 2.24) is 10.2 Å². The van der Waals surface area contributed by atoms with Crippen LogP contribution in [0.25, 0.3) is 0 Å². The molecule has 0 aromatic rings. The largest absolute Gasteiger partial charge is 0.379 e. The Morgan fingerprint density at radius 3 is 2.81 bits per heavy atom. The second kappa shape index (κ2) is 8.70. The van der Waals surface area contributed by atoms with E-state index in [4.69, 9.17) is 9.47 Å². The molecule has 0 amide bonds. The third kappa shape index (κ3) is 6.95. The summed E-state index contributed by atoms with van der Waals surface area (Å²) in [7, 11) is 0. The summed E-state index contributed by atoms with van der Waals surface area (Å²) >= 11 is 0. The predicted molar refractivity (Wildman–Crippen MR) is 65.8 cm³/mol. The Kier molecular flexibility index (Phi) is 7.42. The summed E-state index contributed by atoms with van der Waals surface area (Å²) in [5.74, 6) is 0. The molecule has 0 radical (unpaired) electrons. The third-order valence-electron chi connectivity index (χ3n) is 2.48. The van der Waals surface area contributed by atoms with Gasteiger partial charge in [-0.2, -0.15) is 0 Å². The average Bonchev–Trinajstić information content (AvgIpc) is 2.29. The van der Waals surface area contributed by atoms with E-state index in [0.29, 0.717) is 6.61 Å². The Hall–Kier alpha value is -0.420. The van der Waals surface area contributed by atoms with Crippen molar-refractivity contribution in [1.29, 1.82) is 0 Å². The molecule has 0 unspecified atom stereocenters. The fraction of sp³-hybridized carbons (Fsp3) is 0.833. The van der Waals surface area contributed by atoms with Crippen LogP contribution < -0.4 is 5.32 Å². The molecule has 0 aliphatic carbocycles. The van der Waals surface area contributed by atoms with Gasteiger partial charge in [-0.25, -0.2) is 0 Å². The molecule has 1 rings (SSSR count). The maximum absolute atomic E-state index is 5.39. The van der Waals surface area contributed by atoms with Gasteiger partial charge in [0.2, 0.25) is 0 Å². The van der Waals surface area contributed by atoms with Gasteiger partial charge in [0.1, 0.15) is 0 Å². The van der Waals surface area contributed by atoms with Crippen molar-refractivity contribution < 1.29 is 9.47 Å². The molecule has 0 atom stereocenters. The molecule has 16 heavy (non-hydrogen) atoms. The SMILES string of the molecule is C=C(C)COCCNCCN1CCOCC1. The van der Waals surface area contributed by atoms with E-state index in [-0.39, 0.29) is 0 Å². The normalized spacial score (nSPS) is 17.6. The number of nitrogens with zero attached hydrogens (tertiary/aromatic N) is 1. The average molecular weight is 228 g/mol. The zero-order valence-corrected chi connectivity index (χ0v) is 10.3. The van der Waals surface area contributed by atoms with Crippen LogP contribution >= 0.6 is 0 Å². The van der Waals surface area contributed by atoms with Crippen molar-refractivity contribution >= 4 is 0 Å². The number of hydrogen-bond acceptors (Lipinski definition) is 4. The maximum atomic E-state index is 5.39. The molecule has 94 valence electrons. The lowest BCUT2D eigenvalue weighted by molar-refractivity contribution is 0.0382. The second-order valence-corrected chi connectivity index (χ2v) is 4.21. The van der Waals surface area contributed by atoms with E-state index in [1.165, 1.54) is 0 Å². The smallest absolute Gasteiger partial charge is 0.0672 e. The van der Waals surface area contributed by atoms with Gasteiger partial charge in [0.05, 0.1) is 26.4 Å². The van der Waals surface area contributed by atoms with Gasteiger partial charge in [0, 0.05) is 32.7 Å². The van der Waals surface area contributed by atoms with Crippen molar-refractivity contribution in [2.75, 3.05) is 59.2 Å². The van der Waals surface area contributed by atoms with Crippen LogP contribution in [0, 0.1) is 0 Å². The monoisotopic (exact) mass is 228 g/mol. The highest BCUT2D eigenvalue weighted by Crippen LogP contribution is 1.94. The molecule has 1 aliphatic rings. The van der Waals surface area contributed by atoms with Crippen molar-refractivity contribution in [3.8, 4) is 0 Å². The molecule has 4 nitrogen and oxygen atoms in total. The summed E-state index contributed by atoms with van der Waals surface area (Å²) in [6, 6.07) is 0. The van der Waals surface area contributed by atoms with Crippen molar-refractivity contribution in [2.24, 2.45) is 0 Å². The molecular formula is C12H24N2O2. The van der Waals surface area contributed by atoms with E-state index in [1.54, 1.807) is 0 Å². The zero-order valence-electron chi connectivity index (χ0n) is 10.3. The highest BCUT2D eigenvalue weighted by molar-refractivity contribution is 4.87. The van der Waals surface area contributed by atoms with Gasteiger partial charge < -0.3 is 14.8 Å². The quantitative estimate of drug-likeness (QED) is 0.484. The first-order valence-electron chi connectivity index (χ1n) is 6.02. The molecule has 0 saturated carbocycles. The minimum atomic E-state index is 0.672. The van der Waals surface area contributed by atoms with E-state index in [9.17, 15) is 0 Å². The predicted octanol–water partition coefficient (Wildman–Crippen LogP) is 0.501. The van der Waals surface area contributed by atoms with Crippen LogP contribution in [0.4, 0.5) is 0 Å². The Labute approximate surface area is 98.6 Å². The van der Waals surface area contributed by atoms with E-state index in [0.717, 1.165) is 58.1 Å². The molecule has 4 heteroatoms. The highest BCUT2D eigenvalue weighted by atomic mass is 16.5. The van der Waals surface area contributed by atoms with Crippen LogP contribution in [0.15, 0.2) is 12.2 Å². The molecule has 0 aromatic heterocycles. The minimum Gasteiger partial charge on any atom is -0.379 e. The topological polar surface area (TPSA) is 33.7 Å². The number of nitrogens with one attached hydrogen (secondary N) is 1. The summed E-state index contributed by atoms with van der Waals surface area (Å²) in [6.45, 7) is 14.1. The van der Waals surface area contributed by atoms with Gasteiger partial charge in [0.15, 0.2) is 0 Å². The Morgan fingerprint density at radius 1 is 1.38 bits per heavy atom. The lowest BCUT2D eigenvalue weighted by Gasteiger charge is -2.26. The number of ether oxygens (including phenoxy) is 2.